The molecule has 2 amide bonds. The highest BCUT2D eigenvalue weighted by atomic mass is 35.5. The van der Waals surface area contributed by atoms with Gasteiger partial charge in [0.05, 0.1) is 0 Å². The van der Waals surface area contributed by atoms with Crippen LogP contribution in [0.2, 0.25) is 0 Å². The molecule has 1 aliphatic heterocycles. The number of carbonyl (C=O) groups excluding carboxylic acids is 2. The Labute approximate surface area is 169 Å². The van der Waals surface area contributed by atoms with Crippen molar-refractivity contribution in [1.82, 2.24) is 14.9 Å². The number of anilines is 1. The summed E-state index contributed by atoms with van der Waals surface area (Å²) in [6, 6.07) is 8.89. The Balaban J connectivity index is 1.68. The number of hydrogen-bond donors (Lipinski definition) is 1. The summed E-state index contributed by atoms with van der Waals surface area (Å²) in [6.45, 7) is 4.69. The highest BCUT2D eigenvalue weighted by Crippen LogP contribution is 2.29. The fraction of sp³-hybridized carbons (Fsp3) is 0.400. The zero-order chi connectivity index (χ0) is 20.1. The van der Waals surface area contributed by atoms with Gasteiger partial charge in [-0.15, -0.1) is 11.6 Å². The monoisotopic (exact) mass is 402 g/mol. The molecule has 0 aliphatic carbocycles. The Morgan fingerprint density at radius 2 is 1.89 bits per heavy atom. The molecule has 7 nitrogen and oxygen atoms in total. The molecule has 2 aromatic rings. The summed E-state index contributed by atoms with van der Waals surface area (Å²) in [5, 5.41) is 2.72. The summed E-state index contributed by atoms with van der Waals surface area (Å²) in [5.74, 6) is 1.89. The van der Waals surface area contributed by atoms with E-state index in [0.29, 0.717) is 30.4 Å². The molecule has 1 aromatic heterocycles. The topological polar surface area (TPSA) is 84.4 Å². The molecule has 148 valence electrons. The van der Waals surface area contributed by atoms with E-state index < -0.39 is 0 Å². The zero-order valence-electron chi connectivity index (χ0n) is 15.9. The van der Waals surface area contributed by atoms with Gasteiger partial charge in [-0.2, -0.15) is 4.98 Å². The first-order valence-electron chi connectivity index (χ1n) is 9.19. The fourth-order valence-electron chi connectivity index (χ4n) is 3.20. The molecule has 0 unspecified atom stereocenters. The number of piperidine rings is 1. The van der Waals surface area contributed by atoms with E-state index in [0.717, 1.165) is 24.4 Å². The molecule has 1 fully saturated rings. The van der Waals surface area contributed by atoms with Gasteiger partial charge in [0.1, 0.15) is 17.5 Å². The highest BCUT2D eigenvalue weighted by Gasteiger charge is 2.25. The van der Waals surface area contributed by atoms with E-state index in [1.54, 1.807) is 35.2 Å². The van der Waals surface area contributed by atoms with Gasteiger partial charge in [0, 0.05) is 43.4 Å². The van der Waals surface area contributed by atoms with E-state index in [1.807, 2.05) is 6.92 Å². The maximum Gasteiger partial charge on any atom is 0.237 e. The molecule has 1 aliphatic rings. The van der Waals surface area contributed by atoms with Crippen LogP contribution in [0.5, 0.6) is 11.6 Å². The van der Waals surface area contributed by atoms with Crippen LogP contribution in [-0.4, -0.2) is 45.7 Å². The largest absolute Gasteiger partial charge is 0.439 e. The minimum absolute atomic E-state index is 0.0182. The molecule has 1 N–H and O–H groups in total. The Bertz CT molecular complexity index is 849. The summed E-state index contributed by atoms with van der Waals surface area (Å²) in [6.07, 6.45) is 1.61. The van der Waals surface area contributed by atoms with E-state index >= 15 is 0 Å². The average Bonchev–Trinajstić information content (AvgIpc) is 2.68. The lowest BCUT2D eigenvalue weighted by Crippen LogP contribution is -2.38. The number of nitrogens with zero attached hydrogens (tertiary/aromatic N) is 3. The normalized spacial score (nSPS) is 14.6. The number of carbonyl (C=O) groups is 2. The van der Waals surface area contributed by atoms with Gasteiger partial charge < -0.3 is 15.0 Å². The van der Waals surface area contributed by atoms with Gasteiger partial charge in [0.2, 0.25) is 17.7 Å². The number of benzene rings is 1. The molecule has 0 atom stereocenters. The molecule has 0 radical (unpaired) electrons. The van der Waals surface area contributed by atoms with E-state index in [9.17, 15) is 9.59 Å². The summed E-state index contributed by atoms with van der Waals surface area (Å²) in [7, 11) is 0. The van der Waals surface area contributed by atoms with Crippen molar-refractivity contribution >= 4 is 29.1 Å². The number of ether oxygens (including phenoxy) is 1. The van der Waals surface area contributed by atoms with Crippen molar-refractivity contribution in [2.24, 2.45) is 0 Å². The molecular weight excluding hydrogens is 380 g/mol. The predicted molar refractivity (Wildman–Crippen MR) is 107 cm³/mol. The number of rotatable bonds is 5. The fourth-order valence-corrected chi connectivity index (χ4v) is 3.37. The highest BCUT2D eigenvalue weighted by molar-refractivity contribution is 6.27. The Morgan fingerprint density at radius 3 is 2.50 bits per heavy atom. The maximum atomic E-state index is 11.7. The third-order valence-electron chi connectivity index (χ3n) is 4.57. The van der Waals surface area contributed by atoms with Crippen LogP contribution in [0, 0.1) is 6.92 Å². The Morgan fingerprint density at radius 1 is 1.21 bits per heavy atom. The number of alkyl halides is 1. The van der Waals surface area contributed by atoms with Crippen molar-refractivity contribution < 1.29 is 14.3 Å². The summed E-state index contributed by atoms with van der Waals surface area (Å²) < 4.78 is 5.88. The minimum atomic E-state index is -0.122. The molecule has 2 heterocycles. The minimum Gasteiger partial charge on any atom is -0.439 e. The van der Waals surface area contributed by atoms with Crippen LogP contribution in [-0.2, 0) is 9.59 Å². The Hall–Kier alpha value is -2.67. The maximum absolute atomic E-state index is 11.7. The zero-order valence-corrected chi connectivity index (χ0v) is 16.7. The second-order valence-corrected chi connectivity index (χ2v) is 7.07. The van der Waals surface area contributed by atoms with Crippen molar-refractivity contribution in [3.05, 3.63) is 41.9 Å². The first-order valence-corrected chi connectivity index (χ1v) is 9.73. The molecule has 0 saturated carbocycles. The van der Waals surface area contributed by atoms with Gasteiger partial charge in [-0.1, -0.05) is 0 Å². The van der Waals surface area contributed by atoms with Crippen LogP contribution in [0.1, 0.15) is 37.2 Å². The van der Waals surface area contributed by atoms with E-state index in [4.69, 9.17) is 16.3 Å². The van der Waals surface area contributed by atoms with Crippen LogP contribution in [0.4, 0.5) is 5.69 Å². The van der Waals surface area contributed by atoms with Crippen molar-refractivity contribution in [2.75, 3.05) is 24.3 Å². The number of nitrogens with one attached hydrogen (secondary N) is 1. The molecule has 28 heavy (non-hydrogen) atoms. The number of aromatic nitrogens is 2. The summed E-state index contributed by atoms with van der Waals surface area (Å²) in [5.41, 5.74) is 1.53. The lowest BCUT2D eigenvalue weighted by molar-refractivity contribution is -0.129. The molecular formula is C20H23ClN4O3. The van der Waals surface area contributed by atoms with Gasteiger partial charge in [-0.05, 0) is 44.0 Å². The molecule has 0 bridgehead atoms. The molecule has 3 rings (SSSR count). The van der Waals surface area contributed by atoms with Gasteiger partial charge in [-0.3, -0.25) is 9.59 Å². The second kappa shape index (κ2) is 9.01. The number of likely N-dealkylation sites (tertiary alicyclic amines) is 1. The first-order chi connectivity index (χ1) is 13.4. The van der Waals surface area contributed by atoms with E-state index in [1.165, 1.54) is 6.92 Å². The van der Waals surface area contributed by atoms with Crippen LogP contribution < -0.4 is 10.1 Å². The summed E-state index contributed by atoms with van der Waals surface area (Å²) >= 11 is 5.64. The van der Waals surface area contributed by atoms with Crippen LogP contribution in [0.25, 0.3) is 0 Å². The van der Waals surface area contributed by atoms with Crippen molar-refractivity contribution in [2.45, 2.75) is 32.6 Å². The quantitative estimate of drug-likeness (QED) is 0.774. The first kappa shape index (κ1) is 20.1. The Kier molecular flexibility index (Phi) is 6.46. The van der Waals surface area contributed by atoms with Gasteiger partial charge in [0.25, 0.3) is 0 Å². The van der Waals surface area contributed by atoms with Gasteiger partial charge >= 0.3 is 0 Å². The lowest BCUT2D eigenvalue weighted by atomic mass is 9.96. The second-order valence-electron chi connectivity index (χ2n) is 6.80. The van der Waals surface area contributed by atoms with Crippen LogP contribution in [0.15, 0.2) is 30.3 Å². The van der Waals surface area contributed by atoms with Crippen LogP contribution in [0.3, 0.4) is 0 Å². The smallest absolute Gasteiger partial charge is 0.237 e. The van der Waals surface area contributed by atoms with Gasteiger partial charge in [-0.25, -0.2) is 4.98 Å². The van der Waals surface area contributed by atoms with E-state index in [2.05, 4.69) is 15.3 Å². The van der Waals surface area contributed by atoms with Gasteiger partial charge in [0.15, 0.2) is 0 Å². The third-order valence-corrected chi connectivity index (χ3v) is 4.80. The number of aryl methyl sites for hydroxylation is 1. The molecule has 1 saturated heterocycles. The summed E-state index contributed by atoms with van der Waals surface area (Å²) in [4.78, 5) is 33.8. The number of halogens is 1. The molecule has 0 spiro atoms. The van der Waals surface area contributed by atoms with Crippen molar-refractivity contribution in [3.8, 4) is 11.6 Å². The molecule has 8 heteroatoms. The lowest BCUT2D eigenvalue weighted by Gasteiger charge is -2.31. The SMILES string of the molecule is CC(=O)Nc1ccc(Oc2cc(C)nc(C3CCN(C(=O)CCl)CC3)n2)cc1. The standard InChI is InChI=1S/C20H23ClN4O3/c1-13-11-18(28-17-5-3-16(4-6-17)23-14(2)26)24-20(22-13)15-7-9-25(10-8-15)19(27)12-21/h3-6,11,15H,7-10,12H2,1-2H3,(H,23,26). The number of amides is 2. The predicted octanol–water partition coefficient (Wildman–Crippen LogP) is 3.48. The van der Waals surface area contributed by atoms with Crippen molar-refractivity contribution in [1.29, 1.82) is 0 Å². The van der Waals surface area contributed by atoms with Crippen LogP contribution >= 0.6 is 11.6 Å². The van der Waals surface area contributed by atoms with E-state index in [-0.39, 0.29) is 23.6 Å². The molecule has 1 aromatic carbocycles. The number of hydrogen-bond acceptors (Lipinski definition) is 5. The average molecular weight is 403 g/mol. The third kappa shape index (κ3) is 5.19. The van der Waals surface area contributed by atoms with Crippen molar-refractivity contribution in [3.63, 3.8) is 0 Å².